The van der Waals surface area contributed by atoms with Crippen molar-refractivity contribution < 1.29 is 14.0 Å². The highest BCUT2D eigenvalue weighted by Crippen LogP contribution is 2.33. The van der Waals surface area contributed by atoms with E-state index in [1.54, 1.807) is 24.3 Å². The van der Waals surface area contributed by atoms with Gasteiger partial charge in [0.25, 0.3) is 0 Å². The van der Waals surface area contributed by atoms with E-state index >= 15 is 0 Å². The summed E-state index contributed by atoms with van der Waals surface area (Å²) in [5, 5.41) is 6.65. The van der Waals surface area contributed by atoms with Crippen LogP contribution in [0.2, 0.25) is 0 Å². The molecule has 0 saturated carbocycles. The average molecular weight is 422 g/mol. The van der Waals surface area contributed by atoms with E-state index in [9.17, 15) is 9.59 Å². The van der Waals surface area contributed by atoms with Gasteiger partial charge in [0.15, 0.2) is 0 Å². The number of furan rings is 1. The summed E-state index contributed by atoms with van der Waals surface area (Å²) in [6.07, 6.45) is 1.73. The Labute approximate surface area is 181 Å². The average Bonchev–Trinajstić information content (AvgIpc) is 3.02. The molecule has 4 rings (SSSR count). The molecule has 3 heterocycles. The van der Waals surface area contributed by atoms with E-state index in [1.807, 2.05) is 20.8 Å². The summed E-state index contributed by atoms with van der Waals surface area (Å²) in [7, 11) is 0. The monoisotopic (exact) mass is 421 g/mol. The molecule has 1 saturated heterocycles. The minimum absolute atomic E-state index is 0.0147. The maximum absolute atomic E-state index is 12.9. The van der Waals surface area contributed by atoms with Gasteiger partial charge in [-0.1, -0.05) is 0 Å². The van der Waals surface area contributed by atoms with Crippen LogP contribution in [0.5, 0.6) is 0 Å². The van der Waals surface area contributed by atoms with E-state index in [2.05, 4.69) is 20.5 Å². The molecule has 0 unspecified atom stereocenters. The lowest BCUT2D eigenvalue weighted by Crippen LogP contribution is -2.41. The fourth-order valence-electron chi connectivity index (χ4n) is 4.03. The Kier molecular flexibility index (Phi) is 5.63. The minimum Gasteiger partial charge on any atom is -0.443 e. The number of fused-ring (bicyclic) bond motifs is 1. The number of amides is 2. The van der Waals surface area contributed by atoms with Crippen molar-refractivity contribution in [2.24, 2.45) is 5.92 Å². The molecular formula is C23H27N5O3. The molecule has 1 fully saturated rings. The number of nitrogens with one attached hydrogen (secondary N) is 2. The predicted octanol–water partition coefficient (Wildman–Crippen LogP) is 3.96. The molecule has 0 spiro atoms. The Bertz CT molecular complexity index is 1140. The highest BCUT2D eigenvalue weighted by molar-refractivity contribution is 5.95. The van der Waals surface area contributed by atoms with E-state index in [0.717, 1.165) is 41.9 Å². The molecule has 8 heteroatoms. The topological polar surface area (TPSA) is 100 Å². The van der Waals surface area contributed by atoms with Crippen molar-refractivity contribution in [1.29, 1.82) is 0 Å². The normalized spacial score (nSPS) is 16.4. The lowest BCUT2D eigenvalue weighted by Gasteiger charge is -2.33. The van der Waals surface area contributed by atoms with E-state index in [0.29, 0.717) is 29.5 Å². The van der Waals surface area contributed by atoms with Gasteiger partial charge >= 0.3 is 0 Å². The van der Waals surface area contributed by atoms with E-state index in [-0.39, 0.29) is 17.7 Å². The molecule has 31 heavy (non-hydrogen) atoms. The molecule has 1 aliphatic heterocycles. The van der Waals surface area contributed by atoms with Gasteiger partial charge in [-0.3, -0.25) is 9.59 Å². The van der Waals surface area contributed by atoms with Gasteiger partial charge in [-0.25, -0.2) is 4.98 Å². The van der Waals surface area contributed by atoms with Gasteiger partial charge in [-0.15, -0.1) is 0 Å². The zero-order valence-electron chi connectivity index (χ0n) is 18.3. The summed E-state index contributed by atoms with van der Waals surface area (Å²) in [6.45, 7) is 8.69. The molecule has 162 valence electrons. The summed E-state index contributed by atoms with van der Waals surface area (Å²) in [4.78, 5) is 35.4. The lowest BCUT2D eigenvalue weighted by atomic mass is 9.96. The Morgan fingerprint density at radius 1 is 1.06 bits per heavy atom. The number of aromatic nitrogens is 2. The Hall–Kier alpha value is -3.42. The SMILES string of the molecule is CC(=O)Nc1ccc(NC(=O)[C@H]2CCCN(c3nc(C)nc4oc(C)c(C)c34)C2)cc1. The van der Waals surface area contributed by atoms with E-state index < -0.39 is 0 Å². The molecule has 2 aromatic heterocycles. The second-order valence-corrected chi connectivity index (χ2v) is 8.09. The number of piperidine rings is 1. The molecule has 0 radical (unpaired) electrons. The van der Waals surface area contributed by atoms with Gasteiger partial charge in [0.1, 0.15) is 17.4 Å². The molecule has 1 aromatic carbocycles. The highest BCUT2D eigenvalue weighted by Gasteiger charge is 2.29. The first-order valence-corrected chi connectivity index (χ1v) is 10.5. The Balaban J connectivity index is 1.51. The Morgan fingerprint density at radius 3 is 2.42 bits per heavy atom. The maximum Gasteiger partial charge on any atom is 0.231 e. The fourth-order valence-corrected chi connectivity index (χ4v) is 4.03. The van der Waals surface area contributed by atoms with Gasteiger partial charge in [-0.2, -0.15) is 4.98 Å². The van der Waals surface area contributed by atoms with Crippen LogP contribution in [0.15, 0.2) is 28.7 Å². The third kappa shape index (κ3) is 4.38. The summed E-state index contributed by atoms with van der Waals surface area (Å²) < 4.78 is 5.81. The molecule has 8 nitrogen and oxygen atoms in total. The van der Waals surface area contributed by atoms with Crippen molar-refractivity contribution >= 4 is 40.1 Å². The standard InChI is InChI=1S/C23H27N5O3/c1-13-14(2)31-23-20(13)21(24-15(3)25-23)28-11-5-6-17(12-28)22(30)27-19-9-7-18(8-10-19)26-16(4)29/h7-10,17H,5-6,11-12H2,1-4H3,(H,26,29)(H,27,30)/t17-/m0/s1. The van der Waals surface area contributed by atoms with Gasteiger partial charge in [0.05, 0.1) is 11.3 Å². The third-order valence-electron chi connectivity index (χ3n) is 5.69. The molecule has 2 amide bonds. The molecular weight excluding hydrogens is 394 g/mol. The lowest BCUT2D eigenvalue weighted by molar-refractivity contribution is -0.120. The summed E-state index contributed by atoms with van der Waals surface area (Å²) >= 11 is 0. The van der Waals surface area contributed by atoms with Crippen LogP contribution in [0.1, 0.15) is 36.9 Å². The smallest absolute Gasteiger partial charge is 0.231 e. The number of benzene rings is 1. The van der Waals surface area contributed by atoms with E-state index in [1.165, 1.54) is 6.92 Å². The largest absolute Gasteiger partial charge is 0.443 e. The van der Waals surface area contributed by atoms with Crippen LogP contribution in [0.4, 0.5) is 17.2 Å². The van der Waals surface area contributed by atoms with Crippen molar-refractivity contribution in [3.05, 3.63) is 41.4 Å². The van der Waals surface area contributed by atoms with Crippen molar-refractivity contribution in [2.45, 2.75) is 40.5 Å². The summed E-state index contributed by atoms with van der Waals surface area (Å²) in [6, 6.07) is 7.13. The zero-order chi connectivity index (χ0) is 22.1. The molecule has 2 N–H and O–H groups in total. The first-order chi connectivity index (χ1) is 14.8. The first-order valence-electron chi connectivity index (χ1n) is 10.5. The third-order valence-corrected chi connectivity index (χ3v) is 5.69. The van der Waals surface area contributed by atoms with Gasteiger partial charge < -0.3 is 20.0 Å². The molecule has 1 aliphatic rings. The molecule has 3 aromatic rings. The number of rotatable bonds is 4. The number of hydrogen-bond acceptors (Lipinski definition) is 6. The van der Waals surface area contributed by atoms with Crippen molar-refractivity contribution in [1.82, 2.24) is 9.97 Å². The van der Waals surface area contributed by atoms with Gasteiger partial charge in [0.2, 0.25) is 17.5 Å². The maximum atomic E-state index is 12.9. The van der Waals surface area contributed by atoms with Gasteiger partial charge in [0, 0.05) is 37.0 Å². The second kappa shape index (κ2) is 8.37. The number of hydrogen-bond donors (Lipinski definition) is 2. The first kappa shape index (κ1) is 20.8. The number of carbonyl (C=O) groups excluding carboxylic acids is 2. The van der Waals surface area contributed by atoms with Crippen LogP contribution < -0.4 is 15.5 Å². The number of carbonyl (C=O) groups is 2. The Morgan fingerprint density at radius 2 is 1.74 bits per heavy atom. The zero-order valence-corrected chi connectivity index (χ0v) is 18.3. The van der Waals surface area contributed by atoms with Crippen LogP contribution in [-0.2, 0) is 9.59 Å². The van der Waals surface area contributed by atoms with Gasteiger partial charge in [-0.05, 0) is 57.9 Å². The second-order valence-electron chi connectivity index (χ2n) is 8.09. The summed E-state index contributed by atoms with van der Waals surface area (Å²) in [5.74, 6) is 2.04. The van der Waals surface area contributed by atoms with E-state index in [4.69, 9.17) is 9.40 Å². The van der Waals surface area contributed by atoms with Crippen molar-refractivity contribution in [3.63, 3.8) is 0 Å². The fraction of sp³-hybridized carbons (Fsp3) is 0.391. The van der Waals surface area contributed by atoms with Crippen LogP contribution in [0.25, 0.3) is 11.1 Å². The molecule has 0 bridgehead atoms. The van der Waals surface area contributed by atoms with Crippen LogP contribution in [-0.4, -0.2) is 34.9 Å². The van der Waals surface area contributed by atoms with Crippen molar-refractivity contribution in [2.75, 3.05) is 28.6 Å². The molecule has 0 aliphatic carbocycles. The van der Waals surface area contributed by atoms with Crippen LogP contribution >= 0.6 is 0 Å². The molecule has 1 atom stereocenters. The van der Waals surface area contributed by atoms with Crippen LogP contribution in [0.3, 0.4) is 0 Å². The predicted molar refractivity (Wildman–Crippen MR) is 120 cm³/mol. The summed E-state index contributed by atoms with van der Waals surface area (Å²) in [5.41, 5.74) is 3.04. The number of aryl methyl sites for hydroxylation is 3. The number of nitrogens with zero attached hydrogens (tertiary/aromatic N) is 3. The highest BCUT2D eigenvalue weighted by atomic mass is 16.3. The number of anilines is 3. The minimum atomic E-state index is -0.151. The van der Waals surface area contributed by atoms with Crippen molar-refractivity contribution in [3.8, 4) is 0 Å². The van der Waals surface area contributed by atoms with Crippen LogP contribution in [0, 0.1) is 26.7 Å². The quantitative estimate of drug-likeness (QED) is 0.661.